The van der Waals surface area contributed by atoms with Crippen molar-refractivity contribution >= 4 is 11.3 Å². The highest BCUT2D eigenvalue weighted by atomic mass is 32.1. The average molecular weight is 223 g/mol. The van der Waals surface area contributed by atoms with E-state index in [0.29, 0.717) is 17.3 Å². The van der Waals surface area contributed by atoms with Gasteiger partial charge in [-0.15, -0.1) is 11.3 Å². The van der Waals surface area contributed by atoms with Gasteiger partial charge in [0.25, 0.3) is 0 Å². The quantitative estimate of drug-likeness (QED) is 0.814. The van der Waals surface area contributed by atoms with Gasteiger partial charge in [-0.1, -0.05) is 19.9 Å². The zero-order valence-electron chi connectivity index (χ0n) is 9.70. The van der Waals surface area contributed by atoms with Crippen molar-refractivity contribution in [1.29, 1.82) is 0 Å². The molecule has 0 saturated heterocycles. The molecule has 1 aromatic rings. The van der Waals surface area contributed by atoms with Crippen molar-refractivity contribution < 1.29 is 0 Å². The van der Waals surface area contributed by atoms with E-state index < -0.39 is 0 Å². The Balaban J connectivity index is 2.18. The van der Waals surface area contributed by atoms with E-state index in [1.807, 2.05) is 11.3 Å². The number of hydrogen-bond donors (Lipinski definition) is 1. The van der Waals surface area contributed by atoms with Crippen LogP contribution in [0.1, 0.15) is 43.9 Å². The minimum absolute atomic E-state index is 0.500. The average Bonchev–Trinajstić information content (AvgIpc) is 2.69. The van der Waals surface area contributed by atoms with Crippen LogP contribution in [0, 0.1) is 11.3 Å². The Kier molecular flexibility index (Phi) is 3.17. The fourth-order valence-electron chi connectivity index (χ4n) is 2.76. The second kappa shape index (κ2) is 4.26. The lowest BCUT2D eigenvalue weighted by molar-refractivity contribution is 0.167. The minimum Gasteiger partial charge on any atom is -0.330 e. The summed E-state index contributed by atoms with van der Waals surface area (Å²) < 4.78 is 0. The summed E-state index contributed by atoms with van der Waals surface area (Å²) in [6.07, 6.45) is 3.93. The lowest BCUT2D eigenvalue weighted by Crippen LogP contribution is -2.32. The number of nitrogens with two attached hydrogens (primary N) is 1. The van der Waals surface area contributed by atoms with Gasteiger partial charge in [-0.25, -0.2) is 0 Å². The number of rotatable bonds is 2. The molecule has 2 rings (SSSR count). The highest BCUT2D eigenvalue weighted by molar-refractivity contribution is 7.10. The third-order valence-electron chi connectivity index (χ3n) is 3.74. The third kappa shape index (κ3) is 2.43. The van der Waals surface area contributed by atoms with Crippen molar-refractivity contribution in [2.75, 3.05) is 6.54 Å². The molecule has 1 aliphatic rings. The van der Waals surface area contributed by atoms with Crippen molar-refractivity contribution in [1.82, 2.24) is 0 Å². The SMILES string of the molecule is CC1(C)CCC(CN)C(c2cccs2)C1. The van der Waals surface area contributed by atoms with Crippen LogP contribution in [0.15, 0.2) is 17.5 Å². The molecule has 1 aliphatic carbocycles. The predicted molar refractivity (Wildman–Crippen MR) is 67.2 cm³/mol. The molecule has 0 radical (unpaired) electrons. The van der Waals surface area contributed by atoms with Crippen LogP contribution in [-0.2, 0) is 0 Å². The summed E-state index contributed by atoms with van der Waals surface area (Å²) in [5.74, 6) is 1.41. The van der Waals surface area contributed by atoms with Gasteiger partial charge in [-0.05, 0) is 54.5 Å². The van der Waals surface area contributed by atoms with E-state index in [0.717, 1.165) is 6.54 Å². The Morgan fingerprint density at radius 2 is 2.33 bits per heavy atom. The van der Waals surface area contributed by atoms with Crippen LogP contribution in [0.25, 0.3) is 0 Å². The van der Waals surface area contributed by atoms with Crippen LogP contribution in [0.2, 0.25) is 0 Å². The Morgan fingerprint density at radius 1 is 1.53 bits per heavy atom. The molecule has 1 fully saturated rings. The van der Waals surface area contributed by atoms with Gasteiger partial charge in [0.1, 0.15) is 0 Å². The van der Waals surface area contributed by atoms with Gasteiger partial charge in [0.2, 0.25) is 0 Å². The van der Waals surface area contributed by atoms with Crippen molar-refractivity contribution in [2.24, 2.45) is 17.1 Å². The van der Waals surface area contributed by atoms with Crippen LogP contribution < -0.4 is 5.73 Å². The molecule has 2 heteroatoms. The zero-order valence-corrected chi connectivity index (χ0v) is 10.5. The first kappa shape index (κ1) is 11.2. The Hall–Kier alpha value is -0.340. The Morgan fingerprint density at radius 3 is 2.93 bits per heavy atom. The van der Waals surface area contributed by atoms with Crippen molar-refractivity contribution in [3.8, 4) is 0 Å². The van der Waals surface area contributed by atoms with E-state index in [2.05, 4.69) is 31.4 Å². The normalized spacial score (nSPS) is 30.3. The number of thiophene rings is 1. The standard InChI is InChI=1S/C13H21NS/c1-13(2)6-5-10(9-14)11(8-13)12-4-3-7-15-12/h3-4,7,10-11H,5-6,8-9,14H2,1-2H3. The van der Waals surface area contributed by atoms with Gasteiger partial charge in [0.05, 0.1) is 0 Å². The van der Waals surface area contributed by atoms with Gasteiger partial charge in [0, 0.05) is 4.88 Å². The van der Waals surface area contributed by atoms with E-state index in [1.54, 1.807) is 4.88 Å². The summed E-state index contributed by atoms with van der Waals surface area (Å²) in [7, 11) is 0. The molecule has 0 spiro atoms. The molecule has 1 aromatic heterocycles. The van der Waals surface area contributed by atoms with Gasteiger partial charge < -0.3 is 5.73 Å². The molecular weight excluding hydrogens is 202 g/mol. The Bertz CT molecular complexity index is 302. The first-order chi connectivity index (χ1) is 7.12. The fraction of sp³-hybridized carbons (Fsp3) is 0.692. The minimum atomic E-state index is 0.500. The summed E-state index contributed by atoms with van der Waals surface area (Å²) in [6.45, 7) is 5.62. The molecule has 1 nitrogen and oxygen atoms in total. The smallest absolute Gasteiger partial charge is 0.00796 e. The molecule has 0 aromatic carbocycles. The molecule has 0 aliphatic heterocycles. The second-order valence-electron chi connectivity index (χ2n) is 5.52. The molecule has 15 heavy (non-hydrogen) atoms. The lowest BCUT2D eigenvalue weighted by Gasteiger charge is -2.40. The van der Waals surface area contributed by atoms with Gasteiger partial charge in [-0.3, -0.25) is 0 Å². The topological polar surface area (TPSA) is 26.0 Å². The van der Waals surface area contributed by atoms with E-state index in [4.69, 9.17) is 5.73 Å². The summed E-state index contributed by atoms with van der Waals surface area (Å²) in [5, 5.41) is 2.19. The van der Waals surface area contributed by atoms with E-state index >= 15 is 0 Å². The first-order valence-corrected chi connectivity index (χ1v) is 6.74. The van der Waals surface area contributed by atoms with E-state index in [-0.39, 0.29) is 0 Å². The maximum absolute atomic E-state index is 5.89. The summed E-state index contributed by atoms with van der Waals surface area (Å²) in [6, 6.07) is 4.44. The Labute approximate surface area is 96.7 Å². The molecule has 84 valence electrons. The van der Waals surface area contributed by atoms with Crippen LogP contribution in [0.3, 0.4) is 0 Å². The van der Waals surface area contributed by atoms with Crippen LogP contribution in [0.5, 0.6) is 0 Å². The highest BCUT2D eigenvalue weighted by Crippen LogP contribution is 2.47. The summed E-state index contributed by atoms with van der Waals surface area (Å²) in [5.41, 5.74) is 6.39. The maximum atomic E-state index is 5.89. The molecule has 0 bridgehead atoms. The van der Waals surface area contributed by atoms with Crippen LogP contribution in [-0.4, -0.2) is 6.54 Å². The van der Waals surface area contributed by atoms with Gasteiger partial charge in [0.15, 0.2) is 0 Å². The van der Waals surface area contributed by atoms with Crippen molar-refractivity contribution in [3.05, 3.63) is 22.4 Å². The van der Waals surface area contributed by atoms with Gasteiger partial charge in [-0.2, -0.15) is 0 Å². The van der Waals surface area contributed by atoms with Crippen molar-refractivity contribution in [3.63, 3.8) is 0 Å². The molecule has 2 atom stereocenters. The molecular formula is C13H21NS. The monoisotopic (exact) mass is 223 g/mol. The van der Waals surface area contributed by atoms with Crippen molar-refractivity contribution in [2.45, 2.75) is 39.0 Å². The molecule has 0 amide bonds. The highest BCUT2D eigenvalue weighted by Gasteiger charge is 2.35. The first-order valence-electron chi connectivity index (χ1n) is 5.86. The largest absolute Gasteiger partial charge is 0.330 e. The van der Waals surface area contributed by atoms with Crippen LogP contribution in [0.4, 0.5) is 0 Å². The third-order valence-corrected chi connectivity index (χ3v) is 4.75. The zero-order chi connectivity index (χ0) is 10.9. The van der Waals surface area contributed by atoms with E-state index in [1.165, 1.54) is 19.3 Å². The predicted octanol–water partition coefficient (Wildman–Crippen LogP) is 3.62. The summed E-state index contributed by atoms with van der Waals surface area (Å²) >= 11 is 1.89. The second-order valence-corrected chi connectivity index (χ2v) is 6.50. The van der Waals surface area contributed by atoms with Crippen LogP contribution >= 0.6 is 11.3 Å². The summed E-state index contributed by atoms with van der Waals surface area (Å²) in [4.78, 5) is 1.54. The molecule has 1 heterocycles. The number of hydrogen-bond acceptors (Lipinski definition) is 2. The molecule has 2 unspecified atom stereocenters. The maximum Gasteiger partial charge on any atom is 0.00796 e. The molecule has 1 saturated carbocycles. The molecule has 2 N–H and O–H groups in total. The van der Waals surface area contributed by atoms with E-state index in [9.17, 15) is 0 Å². The lowest BCUT2D eigenvalue weighted by atomic mass is 9.67. The fourth-order valence-corrected chi connectivity index (χ4v) is 3.68. The van der Waals surface area contributed by atoms with Gasteiger partial charge >= 0.3 is 0 Å².